The zero-order valence-electron chi connectivity index (χ0n) is 18.7. The quantitative estimate of drug-likeness (QED) is 0.271. The first kappa shape index (κ1) is 24.9. The highest BCUT2D eigenvalue weighted by Gasteiger charge is 2.28. The van der Waals surface area contributed by atoms with Crippen molar-refractivity contribution in [3.05, 3.63) is 57.6 Å². The molecule has 6 nitrogen and oxygen atoms in total. The van der Waals surface area contributed by atoms with E-state index >= 15 is 0 Å². The lowest BCUT2D eigenvalue weighted by Crippen LogP contribution is -2.42. The Morgan fingerprint density at radius 3 is 2.91 bits per heavy atom. The number of hydrogen-bond acceptors (Lipinski definition) is 6. The molecule has 0 bridgehead atoms. The Labute approximate surface area is 213 Å². The summed E-state index contributed by atoms with van der Waals surface area (Å²) in [5.74, 6) is 0.0433. The first-order chi connectivity index (χ1) is 16.5. The molecular weight excluding hydrogens is 497 g/mol. The van der Waals surface area contributed by atoms with E-state index in [1.165, 1.54) is 17.8 Å². The van der Waals surface area contributed by atoms with Crippen LogP contribution in [0.15, 0.2) is 46.2 Å². The van der Waals surface area contributed by atoms with Crippen molar-refractivity contribution < 1.29 is 24.1 Å². The van der Waals surface area contributed by atoms with Gasteiger partial charge < -0.3 is 14.5 Å². The number of amides is 1. The maximum Gasteiger partial charge on any atom is 0.310 e. The van der Waals surface area contributed by atoms with Crippen LogP contribution >= 0.6 is 35.0 Å². The molecule has 0 spiro atoms. The van der Waals surface area contributed by atoms with Crippen molar-refractivity contribution in [2.24, 2.45) is 5.92 Å². The summed E-state index contributed by atoms with van der Waals surface area (Å²) in [6.45, 7) is 3.62. The largest absolute Gasteiger partial charge is 0.466 e. The zero-order valence-corrected chi connectivity index (χ0v) is 21.0. The van der Waals surface area contributed by atoms with Crippen molar-refractivity contribution in [3.8, 4) is 5.75 Å². The Balaban J connectivity index is 1.42. The molecule has 9 heteroatoms. The van der Waals surface area contributed by atoms with Crippen molar-refractivity contribution in [1.29, 1.82) is 0 Å². The molecule has 2 aliphatic heterocycles. The van der Waals surface area contributed by atoms with Gasteiger partial charge in [0.15, 0.2) is 5.75 Å². The molecule has 1 fully saturated rings. The van der Waals surface area contributed by atoms with Crippen LogP contribution in [0.5, 0.6) is 5.75 Å². The molecule has 1 amide bonds. The van der Waals surface area contributed by atoms with Crippen molar-refractivity contribution in [3.63, 3.8) is 0 Å². The topological polar surface area (TPSA) is 65.1 Å². The predicted molar refractivity (Wildman–Crippen MR) is 132 cm³/mol. The minimum Gasteiger partial charge on any atom is -0.466 e. The van der Waals surface area contributed by atoms with E-state index in [9.17, 15) is 9.59 Å². The molecule has 34 heavy (non-hydrogen) atoms. The standard InChI is InChI=1S/C25H25Cl2NO5S/c1-2-31-25(30)18-4-3-12-28(15-18)22(29)10-6-16-5-9-21(24(27)23(16)26)34-19-7-8-20-17(14-19)11-13-32-33-20/h5-10,14,18H,2-4,11-13,15H2,1H3. The number of carbonyl (C=O) groups is 2. The fraction of sp³-hybridized carbons (Fsp3) is 0.360. The highest BCUT2D eigenvalue weighted by atomic mass is 35.5. The molecule has 0 saturated carbocycles. The summed E-state index contributed by atoms with van der Waals surface area (Å²) in [4.78, 5) is 38.4. The van der Waals surface area contributed by atoms with Gasteiger partial charge in [-0.2, -0.15) is 4.89 Å². The van der Waals surface area contributed by atoms with Crippen molar-refractivity contribution in [2.75, 3.05) is 26.3 Å². The fourth-order valence-corrected chi connectivity index (χ4v) is 5.42. The maximum atomic E-state index is 12.7. The average molecular weight is 522 g/mol. The molecule has 1 saturated heterocycles. The molecule has 2 heterocycles. The molecule has 2 aromatic rings. The highest BCUT2D eigenvalue weighted by Crippen LogP contribution is 2.40. The van der Waals surface area contributed by atoms with Gasteiger partial charge in [0.1, 0.15) is 0 Å². The van der Waals surface area contributed by atoms with E-state index < -0.39 is 0 Å². The molecule has 0 N–H and O–H groups in total. The second kappa shape index (κ2) is 11.5. The summed E-state index contributed by atoms with van der Waals surface area (Å²) < 4.78 is 5.11. The van der Waals surface area contributed by atoms with Crippen molar-refractivity contribution in [2.45, 2.75) is 36.0 Å². The number of ether oxygens (including phenoxy) is 1. The second-order valence-electron chi connectivity index (χ2n) is 8.02. The second-order valence-corrected chi connectivity index (χ2v) is 9.89. The third-order valence-electron chi connectivity index (χ3n) is 5.70. The van der Waals surface area contributed by atoms with Crippen molar-refractivity contribution >= 4 is 52.9 Å². The number of esters is 1. The van der Waals surface area contributed by atoms with Gasteiger partial charge in [-0.15, -0.1) is 0 Å². The molecule has 1 unspecified atom stereocenters. The fourth-order valence-electron chi connectivity index (χ4n) is 3.93. The Bertz CT molecular complexity index is 1110. The van der Waals surface area contributed by atoms with E-state index in [1.54, 1.807) is 17.9 Å². The maximum absolute atomic E-state index is 12.7. The number of likely N-dealkylation sites (tertiary alicyclic amines) is 1. The number of halogens is 2. The van der Waals surface area contributed by atoms with Gasteiger partial charge in [-0.3, -0.25) is 9.59 Å². The number of hydrogen-bond donors (Lipinski definition) is 0. The third kappa shape index (κ3) is 5.89. The zero-order chi connectivity index (χ0) is 24.1. The molecule has 0 aromatic heterocycles. The lowest BCUT2D eigenvalue weighted by molar-refractivity contribution is -0.215. The van der Waals surface area contributed by atoms with E-state index in [2.05, 4.69) is 6.07 Å². The summed E-state index contributed by atoms with van der Waals surface area (Å²) in [5, 5.41) is 0.812. The SMILES string of the molecule is CCOC(=O)C1CCCN(C(=O)C=Cc2ccc(Sc3ccc4c(c3)CCOO4)c(Cl)c2Cl)C1. The van der Waals surface area contributed by atoms with Crippen LogP contribution in [0.1, 0.15) is 30.9 Å². The van der Waals surface area contributed by atoms with Crippen LogP contribution in [0, 0.1) is 5.92 Å². The van der Waals surface area contributed by atoms with E-state index in [0.29, 0.717) is 41.9 Å². The van der Waals surface area contributed by atoms with Crippen LogP contribution in [-0.2, 0) is 25.6 Å². The molecule has 4 rings (SSSR count). The van der Waals surface area contributed by atoms with Crippen LogP contribution < -0.4 is 4.89 Å². The third-order valence-corrected chi connectivity index (χ3v) is 7.76. The Kier molecular flexibility index (Phi) is 8.42. The van der Waals surface area contributed by atoms with Crippen LogP contribution in [0.2, 0.25) is 10.0 Å². The highest BCUT2D eigenvalue weighted by molar-refractivity contribution is 7.99. The van der Waals surface area contributed by atoms with Gasteiger partial charge in [0.05, 0.1) is 29.2 Å². The van der Waals surface area contributed by atoms with Gasteiger partial charge in [-0.1, -0.05) is 41.0 Å². The van der Waals surface area contributed by atoms with Gasteiger partial charge in [-0.25, -0.2) is 0 Å². The number of nitrogens with zero attached hydrogens (tertiary/aromatic N) is 1. The van der Waals surface area contributed by atoms with E-state index in [4.69, 9.17) is 37.7 Å². The van der Waals surface area contributed by atoms with Gasteiger partial charge in [0, 0.05) is 40.9 Å². The van der Waals surface area contributed by atoms with Crippen LogP contribution in [-0.4, -0.2) is 43.1 Å². The number of fused-ring (bicyclic) bond motifs is 1. The first-order valence-corrected chi connectivity index (χ1v) is 12.8. The number of piperidine rings is 1. The molecule has 2 aliphatic rings. The minimum atomic E-state index is -0.275. The minimum absolute atomic E-state index is 0.167. The molecule has 0 aliphatic carbocycles. The van der Waals surface area contributed by atoms with E-state index in [0.717, 1.165) is 40.4 Å². The monoisotopic (exact) mass is 521 g/mol. The van der Waals surface area contributed by atoms with Crippen molar-refractivity contribution in [1.82, 2.24) is 4.90 Å². The van der Waals surface area contributed by atoms with Crippen LogP contribution in [0.3, 0.4) is 0 Å². The Morgan fingerprint density at radius 2 is 2.09 bits per heavy atom. The summed E-state index contributed by atoms with van der Waals surface area (Å²) in [7, 11) is 0. The summed E-state index contributed by atoms with van der Waals surface area (Å²) in [5.41, 5.74) is 1.73. The molecular formula is C25H25Cl2NO5S. The summed E-state index contributed by atoms with van der Waals surface area (Å²) >= 11 is 14.6. The molecule has 0 radical (unpaired) electrons. The van der Waals surface area contributed by atoms with Gasteiger partial charge in [-0.05, 0) is 55.7 Å². The number of rotatable bonds is 6. The normalized spacial score (nSPS) is 17.9. The van der Waals surface area contributed by atoms with Crippen LogP contribution in [0.4, 0.5) is 0 Å². The summed E-state index contributed by atoms with van der Waals surface area (Å²) in [6.07, 6.45) is 5.42. The van der Waals surface area contributed by atoms with Gasteiger partial charge >= 0.3 is 5.97 Å². The van der Waals surface area contributed by atoms with Gasteiger partial charge in [0.2, 0.25) is 5.91 Å². The smallest absolute Gasteiger partial charge is 0.310 e. The van der Waals surface area contributed by atoms with Gasteiger partial charge in [0.25, 0.3) is 0 Å². The van der Waals surface area contributed by atoms with Crippen LogP contribution in [0.25, 0.3) is 6.08 Å². The Hall–Kier alpha value is -2.19. The number of benzene rings is 2. The lowest BCUT2D eigenvalue weighted by atomic mass is 9.98. The summed E-state index contributed by atoms with van der Waals surface area (Å²) in [6, 6.07) is 9.60. The van der Waals surface area contributed by atoms with E-state index in [-0.39, 0.29) is 17.8 Å². The Morgan fingerprint density at radius 1 is 1.24 bits per heavy atom. The predicted octanol–water partition coefficient (Wildman–Crippen LogP) is 5.83. The molecule has 180 valence electrons. The number of carbonyl (C=O) groups excluding carboxylic acids is 2. The first-order valence-electron chi connectivity index (χ1n) is 11.2. The lowest BCUT2D eigenvalue weighted by Gasteiger charge is -2.30. The molecule has 1 atom stereocenters. The van der Waals surface area contributed by atoms with E-state index in [1.807, 2.05) is 24.3 Å². The molecule has 2 aromatic carbocycles. The average Bonchev–Trinajstić information content (AvgIpc) is 2.86.